The summed E-state index contributed by atoms with van der Waals surface area (Å²) >= 11 is 7.54. The van der Waals surface area contributed by atoms with Gasteiger partial charge in [-0.3, -0.25) is 9.20 Å². The molecule has 1 N–H and O–H groups in total. The molecule has 2 heterocycles. The fourth-order valence-corrected chi connectivity index (χ4v) is 2.79. The first-order valence-electron chi connectivity index (χ1n) is 5.89. The standard InChI is InChI=1S/C14H10ClN3OS/c15-13-11(18-8-9-20-14(18)17-13)6-7-12(19)16-10-4-2-1-3-5-10/h1-9H,(H,16,19). The van der Waals surface area contributed by atoms with Crippen LogP contribution in [0.4, 0.5) is 5.69 Å². The molecule has 100 valence electrons. The fourth-order valence-electron chi connectivity index (χ4n) is 1.79. The van der Waals surface area contributed by atoms with Gasteiger partial charge in [0, 0.05) is 23.3 Å². The average Bonchev–Trinajstić information content (AvgIpc) is 2.98. The van der Waals surface area contributed by atoms with Gasteiger partial charge in [0.2, 0.25) is 5.91 Å². The second-order valence-electron chi connectivity index (χ2n) is 4.03. The summed E-state index contributed by atoms with van der Waals surface area (Å²) in [4.78, 5) is 16.8. The normalized spacial score (nSPS) is 11.2. The Hall–Kier alpha value is -2.11. The smallest absolute Gasteiger partial charge is 0.248 e. The summed E-state index contributed by atoms with van der Waals surface area (Å²) in [5.74, 6) is -0.211. The number of carbonyl (C=O) groups excluding carboxylic acids is 1. The topological polar surface area (TPSA) is 46.4 Å². The van der Waals surface area contributed by atoms with Crippen molar-refractivity contribution in [1.82, 2.24) is 9.38 Å². The van der Waals surface area contributed by atoms with Gasteiger partial charge in [0.05, 0.1) is 5.69 Å². The van der Waals surface area contributed by atoms with Crippen LogP contribution in [0.3, 0.4) is 0 Å². The summed E-state index contributed by atoms with van der Waals surface area (Å²) < 4.78 is 1.85. The lowest BCUT2D eigenvalue weighted by molar-refractivity contribution is -0.111. The van der Waals surface area contributed by atoms with Gasteiger partial charge in [-0.15, -0.1) is 11.3 Å². The molecular weight excluding hydrogens is 294 g/mol. The van der Waals surface area contributed by atoms with E-state index in [2.05, 4.69) is 10.3 Å². The van der Waals surface area contributed by atoms with Crippen LogP contribution in [0.25, 0.3) is 11.0 Å². The number of nitrogens with one attached hydrogen (secondary N) is 1. The third kappa shape index (κ3) is 2.59. The van der Waals surface area contributed by atoms with Crippen molar-refractivity contribution in [2.75, 3.05) is 5.32 Å². The number of imidazole rings is 1. The van der Waals surface area contributed by atoms with Gasteiger partial charge in [-0.25, -0.2) is 4.98 Å². The lowest BCUT2D eigenvalue weighted by Gasteiger charge is -2.00. The number of aromatic nitrogens is 2. The van der Waals surface area contributed by atoms with E-state index in [1.807, 2.05) is 46.3 Å². The van der Waals surface area contributed by atoms with Gasteiger partial charge in [-0.05, 0) is 18.2 Å². The molecular formula is C14H10ClN3OS. The summed E-state index contributed by atoms with van der Waals surface area (Å²) in [6.07, 6.45) is 4.97. The number of carbonyl (C=O) groups is 1. The van der Waals surface area contributed by atoms with Gasteiger partial charge in [-0.2, -0.15) is 0 Å². The zero-order chi connectivity index (χ0) is 13.9. The van der Waals surface area contributed by atoms with Gasteiger partial charge in [0.1, 0.15) is 0 Å². The summed E-state index contributed by atoms with van der Waals surface area (Å²) in [7, 11) is 0. The molecule has 0 saturated heterocycles. The third-order valence-corrected chi connectivity index (χ3v) is 3.72. The zero-order valence-electron chi connectivity index (χ0n) is 10.3. The van der Waals surface area contributed by atoms with E-state index in [0.29, 0.717) is 10.8 Å². The van der Waals surface area contributed by atoms with Gasteiger partial charge in [0.15, 0.2) is 10.1 Å². The summed E-state index contributed by atoms with van der Waals surface area (Å²) in [5.41, 5.74) is 1.45. The fraction of sp³-hybridized carbons (Fsp3) is 0. The van der Waals surface area contributed by atoms with E-state index >= 15 is 0 Å². The molecule has 4 nitrogen and oxygen atoms in total. The van der Waals surface area contributed by atoms with Crippen molar-refractivity contribution in [3.05, 3.63) is 58.8 Å². The number of thiazole rings is 1. The average molecular weight is 304 g/mol. The van der Waals surface area contributed by atoms with Crippen LogP contribution in [0.15, 0.2) is 48.0 Å². The molecule has 0 aliphatic rings. The van der Waals surface area contributed by atoms with Crippen molar-refractivity contribution >= 4 is 45.6 Å². The van der Waals surface area contributed by atoms with Crippen LogP contribution in [0.5, 0.6) is 0 Å². The monoisotopic (exact) mass is 303 g/mol. The Kier molecular flexibility index (Phi) is 3.54. The van der Waals surface area contributed by atoms with Gasteiger partial charge < -0.3 is 5.32 Å². The first kappa shape index (κ1) is 12.9. The third-order valence-electron chi connectivity index (χ3n) is 2.69. The lowest BCUT2D eigenvalue weighted by Crippen LogP contribution is -2.07. The van der Waals surface area contributed by atoms with E-state index in [4.69, 9.17) is 11.6 Å². The molecule has 0 spiro atoms. The van der Waals surface area contributed by atoms with Crippen LogP contribution >= 0.6 is 22.9 Å². The van der Waals surface area contributed by atoms with Crippen LogP contribution in [-0.2, 0) is 4.79 Å². The number of anilines is 1. The first-order chi connectivity index (χ1) is 9.74. The minimum atomic E-state index is -0.211. The molecule has 0 unspecified atom stereocenters. The predicted molar refractivity (Wildman–Crippen MR) is 82.2 cm³/mol. The van der Waals surface area contributed by atoms with Crippen molar-refractivity contribution in [3.63, 3.8) is 0 Å². The Morgan fingerprint density at radius 3 is 2.95 bits per heavy atom. The molecule has 20 heavy (non-hydrogen) atoms. The Morgan fingerprint density at radius 1 is 1.35 bits per heavy atom. The van der Waals surface area contributed by atoms with Gasteiger partial charge in [0.25, 0.3) is 0 Å². The van der Waals surface area contributed by atoms with E-state index in [1.54, 1.807) is 6.08 Å². The molecule has 2 aromatic heterocycles. The Morgan fingerprint density at radius 2 is 2.15 bits per heavy atom. The molecule has 1 aromatic carbocycles. The van der Waals surface area contributed by atoms with Crippen LogP contribution in [0.1, 0.15) is 5.69 Å². The van der Waals surface area contributed by atoms with Crippen LogP contribution in [0.2, 0.25) is 5.15 Å². The van der Waals surface area contributed by atoms with Crippen molar-refractivity contribution in [1.29, 1.82) is 0 Å². The highest BCUT2D eigenvalue weighted by molar-refractivity contribution is 7.15. The highest BCUT2D eigenvalue weighted by Gasteiger charge is 2.08. The highest BCUT2D eigenvalue weighted by Crippen LogP contribution is 2.22. The van der Waals surface area contributed by atoms with E-state index < -0.39 is 0 Å². The van der Waals surface area contributed by atoms with Crippen molar-refractivity contribution in [3.8, 4) is 0 Å². The van der Waals surface area contributed by atoms with E-state index in [-0.39, 0.29) is 5.91 Å². The Balaban J connectivity index is 1.78. The first-order valence-corrected chi connectivity index (χ1v) is 7.15. The molecule has 0 aliphatic heterocycles. The number of para-hydroxylation sites is 1. The quantitative estimate of drug-likeness (QED) is 0.750. The molecule has 6 heteroatoms. The number of halogens is 1. The Bertz CT molecular complexity index is 776. The molecule has 3 aromatic rings. The van der Waals surface area contributed by atoms with Crippen molar-refractivity contribution < 1.29 is 4.79 Å². The minimum absolute atomic E-state index is 0.211. The Labute approximate surface area is 124 Å². The molecule has 0 fully saturated rings. The molecule has 0 radical (unpaired) electrons. The molecule has 0 saturated carbocycles. The lowest BCUT2D eigenvalue weighted by atomic mass is 10.3. The number of amides is 1. The molecule has 0 aliphatic carbocycles. The largest absolute Gasteiger partial charge is 0.323 e. The zero-order valence-corrected chi connectivity index (χ0v) is 11.9. The summed E-state index contributed by atoms with van der Waals surface area (Å²) in [6.45, 7) is 0. The number of fused-ring (bicyclic) bond motifs is 1. The maximum absolute atomic E-state index is 11.8. The SMILES string of the molecule is O=C(C=Cc1c(Cl)nc2sccn12)Nc1ccccc1. The van der Waals surface area contributed by atoms with Crippen LogP contribution in [-0.4, -0.2) is 15.3 Å². The van der Waals surface area contributed by atoms with Gasteiger partial charge >= 0.3 is 0 Å². The molecule has 0 atom stereocenters. The number of hydrogen-bond donors (Lipinski definition) is 1. The number of nitrogens with zero attached hydrogens (tertiary/aromatic N) is 2. The molecule has 0 bridgehead atoms. The molecule has 3 rings (SSSR count). The van der Waals surface area contributed by atoms with E-state index in [0.717, 1.165) is 10.6 Å². The van der Waals surface area contributed by atoms with Crippen LogP contribution in [0, 0.1) is 0 Å². The van der Waals surface area contributed by atoms with Crippen molar-refractivity contribution in [2.45, 2.75) is 0 Å². The second-order valence-corrected chi connectivity index (χ2v) is 5.26. The number of benzene rings is 1. The molecule has 1 amide bonds. The minimum Gasteiger partial charge on any atom is -0.323 e. The highest BCUT2D eigenvalue weighted by atomic mass is 35.5. The maximum Gasteiger partial charge on any atom is 0.248 e. The number of hydrogen-bond acceptors (Lipinski definition) is 3. The second kappa shape index (κ2) is 5.48. The predicted octanol–water partition coefficient (Wildman–Crippen LogP) is 3.70. The number of rotatable bonds is 3. The van der Waals surface area contributed by atoms with Crippen LogP contribution < -0.4 is 5.32 Å². The van der Waals surface area contributed by atoms with Crippen molar-refractivity contribution in [2.24, 2.45) is 0 Å². The van der Waals surface area contributed by atoms with E-state index in [9.17, 15) is 4.79 Å². The summed E-state index contributed by atoms with van der Waals surface area (Å²) in [5, 5.41) is 5.08. The maximum atomic E-state index is 11.8. The summed E-state index contributed by atoms with van der Waals surface area (Å²) in [6, 6.07) is 9.28. The van der Waals surface area contributed by atoms with Gasteiger partial charge in [-0.1, -0.05) is 29.8 Å². The van der Waals surface area contributed by atoms with E-state index in [1.165, 1.54) is 17.4 Å².